The van der Waals surface area contributed by atoms with Gasteiger partial charge in [-0.3, -0.25) is 34.2 Å². The van der Waals surface area contributed by atoms with Gasteiger partial charge in [-0.05, 0) is 124 Å². The van der Waals surface area contributed by atoms with Gasteiger partial charge in [0.2, 0.25) is 5.91 Å². The number of hydrogen-bond acceptors (Lipinski definition) is 10. The number of nitrogens with zero attached hydrogens (tertiary/aromatic N) is 8. The van der Waals surface area contributed by atoms with Crippen LogP contribution in [0.4, 0.5) is 33.4 Å². The molecule has 2 aromatic heterocycles. The number of hydrogen-bond donors (Lipinski definition) is 4. The number of urea groups is 1. The first-order chi connectivity index (χ1) is 30.8. The lowest BCUT2D eigenvalue weighted by Crippen LogP contribution is -2.49. The molecule has 334 valence electrons. The predicted octanol–water partition coefficient (Wildman–Crippen LogP) is 5.62. The Labute approximate surface area is 373 Å². The predicted molar refractivity (Wildman–Crippen MR) is 248 cm³/mol. The zero-order chi connectivity index (χ0) is 44.7. The summed E-state index contributed by atoms with van der Waals surface area (Å²) >= 11 is 0. The average molecular weight is 867 g/mol. The van der Waals surface area contributed by atoms with Crippen LogP contribution in [0.5, 0.6) is 0 Å². The summed E-state index contributed by atoms with van der Waals surface area (Å²) in [5.74, 6) is 0.242. The van der Waals surface area contributed by atoms with Crippen LogP contribution in [0.1, 0.15) is 77.6 Å². The number of primary amides is 1. The van der Waals surface area contributed by atoms with Gasteiger partial charge in [0, 0.05) is 106 Å². The quantitative estimate of drug-likeness (QED) is 0.138. The molecule has 16 nitrogen and oxygen atoms in total. The van der Waals surface area contributed by atoms with Crippen molar-refractivity contribution in [1.29, 1.82) is 0 Å². The van der Waals surface area contributed by atoms with Gasteiger partial charge < -0.3 is 26.2 Å². The molecule has 9 rings (SSSR count). The molecule has 3 fully saturated rings. The SMILES string of the molecule is Cc1cc(-c2nn3c(c2C(N)=O)Nc2ccc(N4CCN(CC5CCN(c6ccc(N7CCC(=O)NC7=O)cc6)CC5)CC4)cc2CC3)ccc1CNC(=O)c1ccn(C(C)(C)C)n1. The van der Waals surface area contributed by atoms with Crippen LogP contribution in [0.2, 0.25) is 0 Å². The van der Waals surface area contributed by atoms with Crippen molar-refractivity contribution < 1.29 is 19.2 Å². The fourth-order valence-corrected chi connectivity index (χ4v) is 9.35. The summed E-state index contributed by atoms with van der Waals surface area (Å²) in [6.45, 7) is 16.5. The summed E-state index contributed by atoms with van der Waals surface area (Å²) in [5.41, 5.74) is 15.1. The fourth-order valence-electron chi connectivity index (χ4n) is 9.35. The van der Waals surface area contributed by atoms with Gasteiger partial charge in [-0.1, -0.05) is 12.1 Å². The third-order valence-electron chi connectivity index (χ3n) is 13.1. The molecule has 6 heterocycles. The molecular weight excluding hydrogens is 809 g/mol. The lowest BCUT2D eigenvalue weighted by atomic mass is 9.95. The summed E-state index contributed by atoms with van der Waals surface area (Å²) in [4.78, 5) is 58.9. The zero-order valence-electron chi connectivity index (χ0n) is 37.2. The number of anilines is 5. The van der Waals surface area contributed by atoms with Gasteiger partial charge in [-0.2, -0.15) is 10.2 Å². The molecule has 5 amide bonds. The molecule has 0 radical (unpaired) electrons. The van der Waals surface area contributed by atoms with Crippen molar-refractivity contribution >= 4 is 52.3 Å². The Morgan fingerprint density at radius 2 is 1.52 bits per heavy atom. The number of fused-ring (bicyclic) bond motifs is 2. The summed E-state index contributed by atoms with van der Waals surface area (Å²) in [6, 6.07) is 21.9. The van der Waals surface area contributed by atoms with E-state index in [0.717, 1.165) is 93.1 Å². The van der Waals surface area contributed by atoms with Gasteiger partial charge in [0.25, 0.3) is 11.8 Å². The molecule has 3 aromatic carbocycles. The minimum Gasteiger partial charge on any atom is -0.372 e. The third-order valence-corrected chi connectivity index (χ3v) is 13.1. The van der Waals surface area contributed by atoms with Crippen LogP contribution in [0, 0.1) is 12.8 Å². The van der Waals surface area contributed by atoms with Gasteiger partial charge in [0.1, 0.15) is 22.8 Å². The number of carbonyl (C=O) groups excluding carboxylic acids is 4. The molecule has 3 saturated heterocycles. The summed E-state index contributed by atoms with van der Waals surface area (Å²) < 4.78 is 3.64. The highest BCUT2D eigenvalue weighted by atomic mass is 16.2. The second-order valence-corrected chi connectivity index (χ2v) is 18.5. The summed E-state index contributed by atoms with van der Waals surface area (Å²) in [6.07, 6.45) is 5.17. The van der Waals surface area contributed by atoms with Crippen LogP contribution in [-0.2, 0) is 29.8 Å². The van der Waals surface area contributed by atoms with Crippen molar-refractivity contribution in [2.75, 3.05) is 72.4 Å². The van der Waals surface area contributed by atoms with E-state index in [2.05, 4.69) is 66.1 Å². The lowest BCUT2D eigenvalue weighted by molar-refractivity contribution is -0.120. The third kappa shape index (κ3) is 8.91. The van der Waals surface area contributed by atoms with Crippen molar-refractivity contribution in [2.24, 2.45) is 11.7 Å². The molecule has 5 N–H and O–H groups in total. The van der Waals surface area contributed by atoms with Crippen molar-refractivity contribution in [3.63, 3.8) is 0 Å². The molecule has 0 saturated carbocycles. The minimum absolute atomic E-state index is 0.219. The maximum Gasteiger partial charge on any atom is 0.328 e. The average Bonchev–Trinajstić information content (AvgIpc) is 3.89. The number of benzene rings is 3. The van der Waals surface area contributed by atoms with Crippen LogP contribution in [0.25, 0.3) is 11.3 Å². The Hall–Kier alpha value is -6.68. The van der Waals surface area contributed by atoms with Crippen LogP contribution < -0.4 is 36.4 Å². The summed E-state index contributed by atoms with van der Waals surface area (Å²) in [5, 5.41) is 18.3. The van der Waals surface area contributed by atoms with Crippen molar-refractivity contribution in [3.05, 3.63) is 101 Å². The first-order valence-corrected chi connectivity index (χ1v) is 22.5. The molecule has 0 bridgehead atoms. The molecule has 4 aliphatic heterocycles. The molecule has 0 atom stereocenters. The van der Waals surface area contributed by atoms with Gasteiger partial charge >= 0.3 is 6.03 Å². The maximum absolute atomic E-state index is 13.1. The van der Waals surface area contributed by atoms with Crippen molar-refractivity contribution in [1.82, 2.24) is 35.1 Å². The van der Waals surface area contributed by atoms with E-state index in [1.807, 2.05) is 68.9 Å². The van der Waals surface area contributed by atoms with Crippen molar-refractivity contribution in [3.8, 4) is 11.3 Å². The molecular formula is C48H58N12O4. The first-order valence-electron chi connectivity index (χ1n) is 22.5. The van der Waals surface area contributed by atoms with Gasteiger partial charge in [-0.15, -0.1) is 0 Å². The smallest absolute Gasteiger partial charge is 0.328 e. The van der Waals surface area contributed by atoms with E-state index >= 15 is 0 Å². The number of imide groups is 1. The number of aryl methyl sites for hydroxylation is 3. The maximum atomic E-state index is 13.1. The molecule has 0 aliphatic carbocycles. The highest BCUT2D eigenvalue weighted by molar-refractivity contribution is 6.06. The number of piperidine rings is 1. The van der Waals surface area contributed by atoms with Crippen LogP contribution in [0.15, 0.2) is 72.9 Å². The Morgan fingerprint density at radius 1 is 0.797 bits per heavy atom. The number of aromatic nitrogens is 4. The number of rotatable bonds is 10. The minimum atomic E-state index is -0.548. The summed E-state index contributed by atoms with van der Waals surface area (Å²) in [7, 11) is 0. The first kappa shape index (κ1) is 42.6. The molecule has 0 spiro atoms. The number of nitrogens with two attached hydrogens (primary N) is 1. The molecule has 16 heteroatoms. The van der Waals surface area contributed by atoms with Crippen LogP contribution in [0.3, 0.4) is 0 Å². The molecule has 64 heavy (non-hydrogen) atoms. The normalized spacial score (nSPS) is 17.3. The van der Waals surface area contributed by atoms with Gasteiger partial charge in [-0.25, -0.2) is 9.48 Å². The fraction of sp³-hybridized carbons (Fsp3) is 0.417. The Bertz CT molecular complexity index is 2580. The van der Waals surface area contributed by atoms with E-state index < -0.39 is 5.91 Å². The van der Waals surface area contributed by atoms with E-state index in [1.165, 1.54) is 16.9 Å². The van der Waals surface area contributed by atoms with E-state index in [4.69, 9.17) is 10.8 Å². The lowest BCUT2D eigenvalue weighted by Gasteiger charge is -2.40. The second-order valence-electron chi connectivity index (χ2n) is 18.5. The molecule has 4 aliphatic rings. The number of carbonyl (C=O) groups is 4. The highest BCUT2D eigenvalue weighted by Crippen LogP contribution is 2.37. The van der Waals surface area contributed by atoms with E-state index in [9.17, 15) is 19.2 Å². The van der Waals surface area contributed by atoms with Crippen LogP contribution >= 0.6 is 0 Å². The second kappa shape index (κ2) is 17.5. The molecule has 5 aromatic rings. The van der Waals surface area contributed by atoms with Gasteiger partial charge in [0.15, 0.2) is 0 Å². The Balaban J connectivity index is 0.777. The monoisotopic (exact) mass is 866 g/mol. The number of amides is 5. The zero-order valence-corrected chi connectivity index (χ0v) is 37.2. The van der Waals surface area contributed by atoms with Gasteiger partial charge in [0.05, 0.1) is 5.54 Å². The number of nitrogens with one attached hydrogen (secondary N) is 3. The number of piperazine rings is 1. The molecule has 0 unspecified atom stereocenters. The van der Waals surface area contributed by atoms with E-state index in [0.29, 0.717) is 54.7 Å². The van der Waals surface area contributed by atoms with Crippen LogP contribution in [-0.4, -0.2) is 101 Å². The Morgan fingerprint density at radius 3 is 2.20 bits per heavy atom. The van der Waals surface area contributed by atoms with E-state index in [-0.39, 0.29) is 23.4 Å². The topological polar surface area (TPSA) is 179 Å². The highest BCUT2D eigenvalue weighted by Gasteiger charge is 2.29. The Kier molecular flexibility index (Phi) is 11.6. The van der Waals surface area contributed by atoms with E-state index in [1.54, 1.807) is 15.6 Å². The largest absolute Gasteiger partial charge is 0.372 e. The van der Waals surface area contributed by atoms with Crippen molar-refractivity contribution in [2.45, 2.75) is 72.0 Å². The standard InChI is InChI=1S/C48H58N12O4/c1-31-27-34(5-6-35(31)29-50-46(63)40-16-22-60(53-40)48(2,3)4)43-42(44(49)62)45-51-39-12-11-38(28-33(39)15-21-59(45)54-43)57-25-23-55(24-26-57)30-32-13-18-56(19-14-32)36-7-9-37(10-8-36)58-20-17-41(61)52-47(58)64/h5-12,16,22,27-28,32,51H,13-15,17-21,23-26,29-30H2,1-4H3,(H2,49,62)(H,50,63)(H,52,61,64).